The second-order valence-corrected chi connectivity index (χ2v) is 4.52. The molecule has 3 nitrogen and oxygen atoms in total. The molecule has 0 saturated heterocycles. The Labute approximate surface area is 80.4 Å². The SMILES string of the molecule is Cc1c(F)cc(Cl)cc1S(N)(=O)=O. The van der Waals surface area contributed by atoms with Gasteiger partial charge in [0.15, 0.2) is 0 Å². The molecule has 0 amide bonds. The van der Waals surface area contributed by atoms with Crippen LogP contribution in [0.2, 0.25) is 5.02 Å². The van der Waals surface area contributed by atoms with Crippen molar-refractivity contribution in [3.8, 4) is 0 Å². The van der Waals surface area contributed by atoms with Gasteiger partial charge in [0.2, 0.25) is 10.0 Å². The largest absolute Gasteiger partial charge is 0.238 e. The number of nitrogens with two attached hydrogens (primary N) is 1. The molecule has 13 heavy (non-hydrogen) atoms. The lowest BCUT2D eigenvalue weighted by Gasteiger charge is -2.04. The number of hydrogen-bond acceptors (Lipinski definition) is 2. The van der Waals surface area contributed by atoms with E-state index < -0.39 is 15.8 Å². The lowest BCUT2D eigenvalue weighted by Crippen LogP contribution is -2.14. The van der Waals surface area contributed by atoms with Crippen LogP contribution in [0.4, 0.5) is 4.39 Å². The Morgan fingerprint density at radius 1 is 1.46 bits per heavy atom. The highest BCUT2D eigenvalue weighted by Crippen LogP contribution is 2.21. The monoisotopic (exact) mass is 223 g/mol. The van der Waals surface area contributed by atoms with Gasteiger partial charge < -0.3 is 0 Å². The first-order chi connectivity index (χ1) is 5.82. The van der Waals surface area contributed by atoms with Gasteiger partial charge in [-0.05, 0) is 19.1 Å². The third-order valence-electron chi connectivity index (χ3n) is 1.57. The maximum atomic E-state index is 13.0. The van der Waals surface area contributed by atoms with Gasteiger partial charge in [0.1, 0.15) is 5.82 Å². The van der Waals surface area contributed by atoms with Gasteiger partial charge in [0, 0.05) is 10.6 Å². The zero-order chi connectivity index (χ0) is 10.2. The molecular formula is C7H7ClFNO2S. The highest BCUT2D eigenvalue weighted by molar-refractivity contribution is 7.89. The average molecular weight is 224 g/mol. The molecule has 0 bridgehead atoms. The summed E-state index contributed by atoms with van der Waals surface area (Å²) in [6.45, 7) is 1.32. The van der Waals surface area contributed by atoms with Gasteiger partial charge in [-0.3, -0.25) is 0 Å². The summed E-state index contributed by atoms with van der Waals surface area (Å²) >= 11 is 5.47. The molecule has 72 valence electrons. The lowest BCUT2D eigenvalue weighted by atomic mass is 10.2. The molecule has 0 unspecified atom stereocenters. The van der Waals surface area contributed by atoms with Crippen LogP contribution in [0.3, 0.4) is 0 Å². The van der Waals surface area contributed by atoms with Gasteiger partial charge in [-0.15, -0.1) is 0 Å². The summed E-state index contributed by atoms with van der Waals surface area (Å²) in [5.74, 6) is -0.684. The Hall–Kier alpha value is -0.650. The maximum Gasteiger partial charge on any atom is 0.238 e. The molecule has 0 spiro atoms. The van der Waals surface area contributed by atoms with Crippen LogP contribution in [-0.4, -0.2) is 8.42 Å². The third-order valence-corrected chi connectivity index (χ3v) is 2.82. The van der Waals surface area contributed by atoms with Gasteiger partial charge in [-0.1, -0.05) is 11.6 Å². The van der Waals surface area contributed by atoms with Crippen LogP contribution < -0.4 is 5.14 Å². The Morgan fingerprint density at radius 2 is 2.00 bits per heavy atom. The van der Waals surface area contributed by atoms with Crippen LogP contribution in [-0.2, 0) is 10.0 Å². The van der Waals surface area contributed by atoms with Gasteiger partial charge in [-0.2, -0.15) is 0 Å². The molecule has 0 fully saturated rings. The van der Waals surface area contributed by atoms with Crippen LogP contribution in [0.1, 0.15) is 5.56 Å². The van der Waals surface area contributed by atoms with E-state index in [9.17, 15) is 12.8 Å². The van der Waals surface area contributed by atoms with E-state index >= 15 is 0 Å². The molecule has 0 aliphatic rings. The van der Waals surface area contributed by atoms with E-state index in [1.807, 2.05) is 0 Å². The Balaban J connectivity index is 3.56. The third kappa shape index (κ3) is 2.18. The topological polar surface area (TPSA) is 60.2 Å². The van der Waals surface area contributed by atoms with Crippen LogP contribution in [0, 0.1) is 12.7 Å². The molecular weight excluding hydrogens is 217 g/mol. The number of hydrogen-bond donors (Lipinski definition) is 1. The molecule has 1 aromatic rings. The molecule has 1 rings (SSSR count). The summed E-state index contributed by atoms with van der Waals surface area (Å²) in [4.78, 5) is -0.280. The van der Waals surface area contributed by atoms with Gasteiger partial charge >= 0.3 is 0 Å². The Morgan fingerprint density at radius 3 is 2.46 bits per heavy atom. The fourth-order valence-electron chi connectivity index (χ4n) is 0.918. The lowest BCUT2D eigenvalue weighted by molar-refractivity contribution is 0.588. The second-order valence-electron chi connectivity index (χ2n) is 2.56. The van der Waals surface area contributed by atoms with Crippen LogP contribution in [0.25, 0.3) is 0 Å². The van der Waals surface area contributed by atoms with Gasteiger partial charge in [0.25, 0.3) is 0 Å². The molecule has 6 heteroatoms. The fraction of sp³-hybridized carbons (Fsp3) is 0.143. The molecule has 0 saturated carbocycles. The van der Waals surface area contributed by atoms with E-state index in [0.717, 1.165) is 12.1 Å². The molecule has 2 N–H and O–H groups in total. The van der Waals surface area contributed by atoms with Crippen molar-refractivity contribution < 1.29 is 12.8 Å². The number of halogens is 2. The first-order valence-electron chi connectivity index (χ1n) is 3.31. The van der Waals surface area contributed by atoms with Crippen molar-refractivity contribution in [2.45, 2.75) is 11.8 Å². The first kappa shape index (κ1) is 10.4. The standard InChI is InChI=1S/C7H7ClFNO2S/c1-4-6(9)2-5(8)3-7(4)13(10,11)12/h2-3H,1H3,(H2,10,11,12). The summed E-state index contributed by atoms with van der Waals surface area (Å²) in [5.41, 5.74) is -0.0214. The van der Waals surface area contributed by atoms with Crippen molar-refractivity contribution in [2.75, 3.05) is 0 Å². The van der Waals surface area contributed by atoms with E-state index in [4.69, 9.17) is 16.7 Å². The van der Waals surface area contributed by atoms with Crippen LogP contribution in [0.5, 0.6) is 0 Å². The normalized spacial score (nSPS) is 11.7. The predicted octanol–water partition coefficient (Wildman–Crippen LogP) is 1.43. The number of sulfonamides is 1. The fourth-order valence-corrected chi connectivity index (χ4v) is 2.00. The zero-order valence-electron chi connectivity index (χ0n) is 6.71. The minimum absolute atomic E-state index is 0.00660. The van der Waals surface area contributed by atoms with E-state index in [1.165, 1.54) is 6.92 Å². The van der Waals surface area contributed by atoms with Crippen molar-refractivity contribution in [3.63, 3.8) is 0 Å². The molecule has 0 aromatic heterocycles. The highest BCUT2D eigenvalue weighted by atomic mass is 35.5. The Bertz CT molecular complexity index is 444. The number of primary sulfonamides is 1. The van der Waals surface area contributed by atoms with Crippen LogP contribution in [0.15, 0.2) is 17.0 Å². The molecule has 0 radical (unpaired) electrons. The summed E-state index contributed by atoms with van der Waals surface area (Å²) in [5, 5.41) is 4.85. The molecule has 0 aliphatic carbocycles. The highest BCUT2D eigenvalue weighted by Gasteiger charge is 2.15. The summed E-state index contributed by atoms with van der Waals surface area (Å²) < 4.78 is 34.8. The van der Waals surface area contributed by atoms with E-state index in [0.29, 0.717) is 0 Å². The van der Waals surface area contributed by atoms with Crippen molar-refractivity contribution >= 4 is 21.6 Å². The van der Waals surface area contributed by atoms with E-state index in [1.54, 1.807) is 0 Å². The Kier molecular flexibility index (Phi) is 2.61. The summed E-state index contributed by atoms with van der Waals surface area (Å²) in [7, 11) is -3.90. The second kappa shape index (κ2) is 3.25. The molecule has 0 heterocycles. The molecule has 1 aromatic carbocycles. The summed E-state index contributed by atoms with van der Waals surface area (Å²) in [6, 6.07) is 2.15. The van der Waals surface area contributed by atoms with Crippen LogP contribution >= 0.6 is 11.6 Å². The number of rotatable bonds is 1. The molecule has 0 atom stereocenters. The quantitative estimate of drug-likeness (QED) is 0.783. The maximum absolute atomic E-state index is 13.0. The zero-order valence-corrected chi connectivity index (χ0v) is 8.29. The van der Waals surface area contributed by atoms with Gasteiger partial charge in [0.05, 0.1) is 4.90 Å². The molecule has 0 aliphatic heterocycles. The number of benzene rings is 1. The van der Waals surface area contributed by atoms with E-state index in [2.05, 4.69) is 0 Å². The summed E-state index contributed by atoms with van der Waals surface area (Å²) in [6.07, 6.45) is 0. The minimum atomic E-state index is -3.90. The van der Waals surface area contributed by atoms with Crippen molar-refractivity contribution in [1.82, 2.24) is 0 Å². The van der Waals surface area contributed by atoms with E-state index in [-0.39, 0.29) is 15.5 Å². The first-order valence-corrected chi connectivity index (χ1v) is 5.23. The minimum Gasteiger partial charge on any atom is -0.225 e. The van der Waals surface area contributed by atoms with Crippen molar-refractivity contribution in [2.24, 2.45) is 5.14 Å². The van der Waals surface area contributed by atoms with Crippen molar-refractivity contribution in [3.05, 3.63) is 28.5 Å². The average Bonchev–Trinajstić information content (AvgIpc) is 1.94. The van der Waals surface area contributed by atoms with Gasteiger partial charge in [-0.25, -0.2) is 17.9 Å². The predicted molar refractivity (Wildman–Crippen MR) is 47.5 cm³/mol. The smallest absolute Gasteiger partial charge is 0.225 e. The van der Waals surface area contributed by atoms with Crippen molar-refractivity contribution in [1.29, 1.82) is 0 Å².